The number of nitrogens with one attached hydrogen (secondary N) is 1. The third-order valence-electron chi connectivity index (χ3n) is 5.15. The topological polar surface area (TPSA) is 131 Å². The number of amides is 1. The van der Waals surface area contributed by atoms with E-state index >= 15 is 0 Å². The van der Waals surface area contributed by atoms with Gasteiger partial charge in [-0.15, -0.1) is 0 Å². The highest BCUT2D eigenvalue weighted by molar-refractivity contribution is 5.97. The third-order valence-corrected chi connectivity index (χ3v) is 5.15. The number of hydrogen-bond acceptors (Lipinski definition) is 5. The zero-order valence-corrected chi connectivity index (χ0v) is 16.3. The molecular weight excluding hydrogens is 366 g/mol. The van der Waals surface area contributed by atoms with Gasteiger partial charge < -0.3 is 15.5 Å². The lowest BCUT2D eigenvalue weighted by molar-refractivity contribution is -0.135. The van der Waals surface area contributed by atoms with E-state index in [2.05, 4.69) is 5.32 Å². The Hall–Kier alpha value is -2.58. The molecule has 9 heteroatoms. The molecule has 0 saturated heterocycles. The predicted molar refractivity (Wildman–Crippen MR) is 103 cm³/mol. The normalized spacial score (nSPS) is 14.8. The van der Waals surface area contributed by atoms with Gasteiger partial charge in [-0.25, -0.2) is 4.79 Å². The average Bonchev–Trinajstić information content (AvgIpc) is 2.66. The van der Waals surface area contributed by atoms with Crippen LogP contribution in [0.3, 0.4) is 0 Å². The van der Waals surface area contributed by atoms with Crippen LogP contribution in [-0.2, 0) is 11.3 Å². The molecular formula is C19H29N3O6. The Balaban J connectivity index is 2.49. The fourth-order valence-electron chi connectivity index (χ4n) is 3.66. The first-order valence-electron chi connectivity index (χ1n) is 9.96. The number of carbonyl (C=O) groups excluding carboxylic acids is 1. The molecule has 0 aromatic carbocycles. The first-order chi connectivity index (χ1) is 13.4. The molecule has 0 atom stereocenters. The van der Waals surface area contributed by atoms with E-state index in [1.165, 1.54) is 0 Å². The molecule has 156 valence electrons. The van der Waals surface area contributed by atoms with Crippen molar-refractivity contribution in [2.75, 3.05) is 6.54 Å². The fraction of sp³-hybridized carbons (Fsp3) is 0.684. The molecule has 1 heterocycles. The van der Waals surface area contributed by atoms with Crippen LogP contribution >= 0.6 is 0 Å². The maximum absolute atomic E-state index is 13.0. The first kappa shape index (κ1) is 21.7. The molecule has 0 spiro atoms. The Morgan fingerprint density at radius 2 is 1.79 bits per heavy atom. The first-order valence-corrected chi connectivity index (χ1v) is 9.96. The third kappa shape index (κ3) is 5.02. The minimum absolute atomic E-state index is 0.157. The average molecular weight is 395 g/mol. The number of aromatic hydroxyl groups is 1. The van der Waals surface area contributed by atoms with Gasteiger partial charge in [0.2, 0.25) is 5.88 Å². The highest BCUT2D eigenvalue weighted by Crippen LogP contribution is 2.30. The van der Waals surface area contributed by atoms with Gasteiger partial charge in [-0.3, -0.25) is 23.5 Å². The van der Waals surface area contributed by atoms with E-state index in [1.54, 1.807) is 0 Å². The summed E-state index contributed by atoms with van der Waals surface area (Å²) in [6, 6.07) is -0.283. The zero-order valence-electron chi connectivity index (χ0n) is 16.3. The zero-order chi connectivity index (χ0) is 20.7. The number of rotatable bonds is 9. The molecule has 1 aliphatic rings. The van der Waals surface area contributed by atoms with Crippen LogP contribution in [0.25, 0.3) is 0 Å². The molecule has 0 aliphatic heterocycles. The van der Waals surface area contributed by atoms with Gasteiger partial charge in [0.25, 0.3) is 11.5 Å². The van der Waals surface area contributed by atoms with E-state index in [0.717, 1.165) is 47.7 Å². The molecule has 9 nitrogen and oxygen atoms in total. The van der Waals surface area contributed by atoms with Crippen LogP contribution < -0.4 is 16.6 Å². The van der Waals surface area contributed by atoms with E-state index in [9.17, 15) is 24.3 Å². The Kier molecular flexibility index (Phi) is 7.83. The molecule has 1 aromatic heterocycles. The van der Waals surface area contributed by atoms with Crippen molar-refractivity contribution in [2.24, 2.45) is 0 Å². The molecule has 0 radical (unpaired) electrons. The molecule has 0 unspecified atom stereocenters. The summed E-state index contributed by atoms with van der Waals surface area (Å²) in [6.07, 6.45) is 7.60. The lowest BCUT2D eigenvalue weighted by Crippen LogP contribution is -2.46. The van der Waals surface area contributed by atoms with E-state index in [-0.39, 0.29) is 12.6 Å². The SMILES string of the molecule is CCCCCCn1c(=O)c(C(=O)NCC(=O)O)c(O)n(C2CCCCC2)c1=O. The van der Waals surface area contributed by atoms with Gasteiger partial charge in [0, 0.05) is 12.6 Å². The van der Waals surface area contributed by atoms with Gasteiger partial charge in [0.1, 0.15) is 6.54 Å². The lowest BCUT2D eigenvalue weighted by Gasteiger charge is -2.26. The molecule has 1 saturated carbocycles. The summed E-state index contributed by atoms with van der Waals surface area (Å²) in [5.74, 6) is -2.93. The minimum Gasteiger partial charge on any atom is -0.494 e. The van der Waals surface area contributed by atoms with Gasteiger partial charge in [-0.05, 0) is 19.3 Å². The summed E-state index contributed by atoms with van der Waals surface area (Å²) in [7, 11) is 0. The molecule has 28 heavy (non-hydrogen) atoms. The van der Waals surface area contributed by atoms with Crippen LogP contribution in [0.15, 0.2) is 9.59 Å². The Bertz CT molecular complexity index is 820. The van der Waals surface area contributed by atoms with Crippen molar-refractivity contribution in [2.45, 2.75) is 77.3 Å². The van der Waals surface area contributed by atoms with Crippen molar-refractivity contribution >= 4 is 11.9 Å². The van der Waals surface area contributed by atoms with E-state index in [1.807, 2.05) is 6.92 Å². The predicted octanol–water partition coefficient (Wildman–Crippen LogP) is 1.62. The standard InChI is InChI=1S/C19H29N3O6/c1-2-3-4-8-11-21-17(26)15(16(25)20-12-14(23)24)18(27)22(19(21)28)13-9-6-5-7-10-13/h13,27H,2-12H2,1H3,(H,20,25)(H,23,24). The van der Waals surface area contributed by atoms with Crippen molar-refractivity contribution in [3.05, 3.63) is 26.4 Å². The van der Waals surface area contributed by atoms with Crippen LogP contribution in [0.5, 0.6) is 5.88 Å². The van der Waals surface area contributed by atoms with Crippen LogP contribution in [0.1, 0.15) is 81.1 Å². The van der Waals surface area contributed by atoms with Gasteiger partial charge in [-0.1, -0.05) is 45.4 Å². The summed E-state index contributed by atoms with van der Waals surface area (Å²) in [4.78, 5) is 48.9. The van der Waals surface area contributed by atoms with E-state index < -0.39 is 41.1 Å². The Morgan fingerprint density at radius 3 is 2.39 bits per heavy atom. The van der Waals surface area contributed by atoms with Gasteiger partial charge in [0.05, 0.1) is 0 Å². The second-order valence-electron chi connectivity index (χ2n) is 7.24. The highest BCUT2D eigenvalue weighted by Gasteiger charge is 2.28. The quantitative estimate of drug-likeness (QED) is 0.545. The smallest absolute Gasteiger partial charge is 0.334 e. The number of carbonyl (C=O) groups is 2. The van der Waals surface area contributed by atoms with Crippen molar-refractivity contribution in [1.29, 1.82) is 0 Å². The number of nitrogens with zero attached hydrogens (tertiary/aromatic N) is 2. The summed E-state index contributed by atoms with van der Waals surface area (Å²) < 4.78 is 2.15. The van der Waals surface area contributed by atoms with Gasteiger partial charge >= 0.3 is 11.7 Å². The molecule has 1 fully saturated rings. The summed E-state index contributed by atoms with van der Waals surface area (Å²) in [5.41, 5.74) is -2.06. The molecule has 1 aromatic rings. The largest absolute Gasteiger partial charge is 0.494 e. The number of carboxylic acid groups (broad SMARTS) is 1. The lowest BCUT2D eigenvalue weighted by atomic mass is 9.95. The molecule has 0 bridgehead atoms. The van der Waals surface area contributed by atoms with E-state index in [0.29, 0.717) is 19.3 Å². The Morgan fingerprint density at radius 1 is 1.11 bits per heavy atom. The minimum atomic E-state index is -1.27. The van der Waals surface area contributed by atoms with E-state index in [4.69, 9.17) is 5.11 Å². The van der Waals surface area contributed by atoms with Crippen LogP contribution in [0.4, 0.5) is 0 Å². The monoisotopic (exact) mass is 395 g/mol. The molecule has 3 N–H and O–H groups in total. The number of carboxylic acids is 1. The maximum Gasteiger partial charge on any atom is 0.334 e. The second-order valence-corrected chi connectivity index (χ2v) is 7.24. The van der Waals surface area contributed by atoms with Crippen LogP contribution in [0.2, 0.25) is 0 Å². The van der Waals surface area contributed by atoms with Crippen molar-refractivity contribution in [1.82, 2.24) is 14.5 Å². The molecule has 1 amide bonds. The maximum atomic E-state index is 13.0. The molecule has 2 rings (SSSR count). The van der Waals surface area contributed by atoms with Crippen molar-refractivity contribution in [3.8, 4) is 5.88 Å². The van der Waals surface area contributed by atoms with Gasteiger partial charge in [-0.2, -0.15) is 0 Å². The van der Waals surface area contributed by atoms with Crippen molar-refractivity contribution < 1.29 is 19.8 Å². The number of hydrogen-bond donors (Lipinski definition) is 3. The summed E-state index contributed by atoms with van der Waals surface area (Å²) in [6.45, 7) is 1.52. The number of aliphatic carboxylic acids is 1. The van der Waals surface area contributed by atoms with Crippen molar-refractivity contribution in [3.63, 3.8) is 0 Å². The van der Waals surface area contributed by atoms with Crippen LogP contribution in [0, 0.1) is 0 Å². The van der Waals surface area contributed by atoms with Gasteiger partial charge in [0.15, 0.2) is 5.56 Å². The summed E-state index contributed by atoms with van der Waals surface area (Å²) >= 11 is 0. The van der Waals surface area contributed by atoms with Crippen LogP contribution in [-0.4, -0.2) is 37.8 Å². The highest BCUT2D eigenvalue weighted by atomic mass is 16.4. The summed E-state index contributed by atoms with van der Waals surface area (Å²) in [5, 5.41) is 21.5. The Labute approximate surface area is 163 Å². The number of unbranched alkanes of at least 4 members (excludes halogenated alkanes) is 3. The second kappa shape index (κ2) is 10.1. The fourth-order valence-corrected chi connectivity index (χ4v) is 3.66. The molecule has 1 aliphatic carbocycles. The number of aromatic nitrogens is 2.